The molecule has 5 nitrogen and oxygen atoms in total. The van der Waals surface area contributed by atoms with Gasteiger partial charge in [-0.2, -0.15) is 5.26 Å². The van der Waals surface area contributed by atoms with Gasteiger partial charge in [-0.15, -0.1) is 0 Å². The molecule has 126 valence electrons. The molecule has 0 aliphatic carbocycles. The van der Waals surface area contributed by atoms with Crippen LogP contribution < -0.4 is 9.47 Å². The third kappa shape index (κ3) is 4.28. The smallest absolute Gasteiger partial charge is 0.266 e. The molecule has 0 N–H and O–H groups in total. The maximum atomic E-state index is 12.5. The maximum absolute atomic E-state index is 12.5. The number of nitriles is 1. The fourth-order valence-corrected chi connectivity index (χ4v) is 3.45. The van der Waals surface area contributed by atoms with E-state index >= 15 is 0 Å². The molecule has 0 unspecified atom stereocenters. The van der Waals surface area contributed by atoms with E-state index in [-0.39, 0.29) is 12.5 Å². The quantitative estimate of drug-likeness (QED) is 0.570. The molecule has 24 heavy (non-hydrogen) atoms. The lowest BCUT2D eigenvalue weighted by atomic mass is 10.1. The Hall–Kier alpha value is -2.04. The molecule has 1 aromatic carbocycles. The van der Waals surface area contributed by atoms with Crippen molar-refractivity contribution in [2.45, 2.75) is 13.8 Å². The lowest BCUT2D eigenvalue weighted by molar-refractivity contribution is -0.122. The summed E-state index contributed by atoms with van der Waals surface area (Å²) in [5, 5.41) is 8.59. The highest BCUT2D eigenvalue weighted by Crippen LogP contribution is 2.35. The van der Waals surface area contributed by atoms with Gasteiger partial charge >= 0.3 is 0 Å². The summed E-state index contributed by atoms with van der Waals surface area (Å²) in [4.78, 5) is 14.7. The van der Waals surface area contributed by atoms with Gasteiger partial charge in [-0.05, 0) is 29.7 Å². The van der Waals surface area contributed by atoms with Crippen LogP contribution in [0.2, 0.25) is 0 Å². The fraction of sp³-hybridized carbons (Fsp3) is 0.353. The van der Waals surface area contributed by atoms with Crippen molar-refractivity contribution in [2.24, 2.45) is 5.92 Å². The van der Waals surface area contributed by atoms with Gasteiger partial charge in [-0.25, -0.2) is 0 Å². The lowest BCUT2D eigenvalue weighted by Crippen LogP contribution is -2.31. The van der Waals surface area contributed by atoms with Gasteiger partial charge in [0.05, 0.1) is 12.0 Å². The van der Waals surface area contributed by atoms with Crippen LogP contribution in [0.3, 0.4) is 0 Å². The number of amides is 1. The average Bonchev–Trinajstić information content (AvgIpc) is 2.80. The van der Waals surface area contributed by atoms with Crippen molar-refractivity contribution in [3.05, 3.63) is 28.7 Å². The molecule has 0 spiro atoms. The van der Waals surface area contributed by atoms with E-state index in [9.17, 15) is 4.79 Å². The summed E-state index contributed by atoms with van der Waals surface area (Å²) in [6, 6.07) is 7.21. The Morgan fingerprint density at radius 2 is 2.17 bits per heavy atom. The second-order valence-electron chi connectivity index (χ2n) is 5.54. The number of nitrogens with zero attached hydrogens (tertiary/aromatic N) is 2. The van der Waals surface area contributed by atoms with Gasteiger partial charge in [0.1, 0.15) is 10.4 Å². The minimum atomic E-state index is -0.0672. The molecule has 0 atom stereocenters. The van der Waals surface area contributed by atoms with E-state index in [4.69, 9.17) is 27.0 Å². The zero-order chi connectivity index (χ0) is 17.7. The minimum absolute atomic E-state index is 0.0520. The second-order valence-corrected chi connectivity index (χ2v) is 7.22. The maximum Gasteiger partial charge on any atom is 0.266 e. The Morgan fingerprint density at radius 3 is 2.79 bits per heavy atom. The number of carbonyl (C=O) groups is 1. The summed E-state index contributed by atoms with van der Waals surface area (Å²) in [6.45, 7) is 4.66. The Morgan fingerprint density at radius 1 is 1.42 bits per heavy atom. The highest BCUT2D eigenvalue weighted by molar-refractivity contribution is 8.26. The Bertz CT molecular complexity index is 723. The number of hydrogen-bond acceptors (Lipinski definition) is 6. The first-order valence-corrected chi connectivity index (χ1v) is 8.62. The van der Waals surface area contributed by atoms with Crippen molar-refractivity contribution in [3.63, 3.8) is 0 Å². The van der Waals surface area contributed by atoms with Crippen LogP contribution in [0.25, 0.3) is 6.08 Å². The highest BCUT2D eigenvalue weighted by atomic mass is 32.2. The topological polar surface area (TPSA) is 62.6 Å². The van der Waals surface area contributed by atoms with E-state index in [0.29, 0.717) is 33.2 Å². The monoisotopic (exact) mass is 362 g/mol. The molecular weight excluding hydrogens is 344 g/mol. The number of thioether (sulfide) groups is 1. The third-order valence-electron chi connectivity index (χ3n) is 3.20. The van der Waals surface area contributed by atoms with Crippen LogP contribution >= 0.6 is 24.0 Å². The normalized spacial score (nSPS) is 16.0. The zero-order valence-corrected chi connectivity index (χ0v) is 15.4. The van der Waals surface area contributed by atoms with Crippen LogP contribution in [-0.4, -0.2) is 35.4 Å². The van der Waals surface area contributed by atoms with E-state index in [0.717, 1.165) is 5.56 Å². The van der Waals surface area contributed by atoms with Gasteiger partial charge in [0, 0.05) is 6.54 Å². The van der Waals surface area contributed by atoms with Crippen LogP contribution in [0.15, 0.2) is 23.1 Å². The average molecular weight is 362 g/mol. The van der Waals surface area contributed by atoms with Crippen LogP contribution in [0, 0.1) is 17.2 Å². The molecule has 7 heteroatoms. The van der Waals surface area contributed by atoms with Gasteiger partial charge in [-0.1, -0.05) is 43.9 Å². The first-order chi connectivity index (χ1) is 11.5. The largest absolute Gasteiger partial charge is 0.493 e. The van der Waals surface area contributed by atoms with E-state index in [2.05, 4.69) is 0 Å². The molecule has 0 radical (unpaired) electrons. The van der Waals surface area contributed by atoms with Gasteiger partial charge in [0.25, 0.3) is 5.91 Å². The molecule has 0 aromatic heterocycles. The number of benzene rings is 1. The molecule has 2 rings (SSSR count). The third-order valence-corrected chi connectivity index (χ3v) is 4.58. The Labute approximate surface area is 151 Å². The van der Waals surface area contributed by atoms with E-state index in [1.165, 1.54) is 18.9 Å². The summed E-state index contributed by atoms with van der Waals surface area (Å²) in [7, 11) is 1.53. The van der Waals surface area contributed by atoms with Crippen molar-refractivity contribution in [1.29, 1.82) is 5.26 Å². The molecule has 1 heterocycles. The molecule has 0 bridgehead atoms. The van der Waals surface area contributed by atoms with Gasteiger partial charge < -0.3 is 9.47 Å². The van der Waals surface area contributed by atoms with Crippen LogP contribution in [0.4, 0.5) is 0 Å². The van der Waals surface area contributed by atoms with Crippen LogP contribution in [-0.2, 0) is 4.79 Å². The lowest BCUT2D eigenvalue weighted by Gasteiger charge is -2.16. The molecule has 1 aliphatic heterocycles. The van der Waals surface area contributed by atoms with Crippen molar-refractivity contribution in [3.8, 4) is 17.6 Å². The van der Waals surface area contributed by atoms with Gasteiger partial charge in [-0.3, -0.25) is 9.69 Å². The SMILES string of the molecule is COc1cc(/C=C2\SC(=S)N(CC(C)C)C2=O)ccc1OCC#N. The summed E-state index contributed by atoms with van der Waals surface area (Å²) < 4.78 is 11.2. The number of rotatable bonds is 6. The zero-order valence-electron chi connectivity index (χ0n) is 13.7. The number of ether oxygens (including phenoxy) is 2. The van der Waals surface area contributed by atoms with E-state index < -0.39 is 0 Å². The first-order valence-electron chi connectivity index (χ1n) is 7.39. The summed E-state index contributed by atoms with van der Waals surface area (Å²) >= 11 is 6.60. The van der Waals surface area contributed by atoms with Crippen LogP contribution in [0.5, 0.6) is 11.5 Å². The van der Waals surface area contributed by atoms with Crippen molar-refractivity contribution < 1.29 is 14.3 Å². The van der Waals surface area contributed by atoms with E-state index in [1.807, 2.05) is 26.0 Å². The number of thiocarbonyl (C=S) groups is 1. The molecule has 1 fully saturated rings. The fourth-order valence-electron chi connectivity index (χ4n) is 2.18. The van der Waals surface area contributed by atoms with Gasteiger partial charge in [0.15, 0.2) is 18.1 Å². The Balaban J connectivity index is 2.24. The summed E-state index contributed by atoms with van der Waals surface area (Å²) in [5.41, 5.74) is 0.807. The van der Waals surface area contributed by atoms with Crippen molar-refractivity contribution in [1.82, 2.24) is 4.90 Å². The van der Waals surface area contributed by atoms with E-state index in [1.54, 1.807) is 23.1 Å². The van der Waals surface area contributed by atoms with Crippen LogP contribution in [0.1, 0.15) is 19.4 Å². The number of carbonyl (C=O) groups excluding carboxylic acids is 1. The summed E-state index contributed by atoms with van der Waals surface area (Å²) in [5.74, 6) is 1.28. The highest BCUT2D eigenvalue weighted by Gasteiger charge is 2.32. The Kier molecular flexibility index (Phi) is 6.23. The minimum Gasteiger partial charge on any atom is -0.493 e. The number of hydrogen-bond donors (Lipinski definition) is 0. The second kappa shape index (κ2) is 8.18. The molecule has 1 saturated heterocycles. The van der Waals surface area contributed by atoms with Gasteiger partial charge in [0.2, 0.25) is 0 Å². The van der Waals surface area contributed by atoms with Crippen molar-refractivity contribution in [2.75, 3.05) is 20.3 Å². The number of methoxy groups -OCH3 is 1. The molecule has 0 saturated carbocycles. The van der Waals surface area contributed by atoms with Crippen molar-refractivity contribution >= 4 is 40.3 Å². The molecule has 1 aromatic rings. The standard InChI is InChI=1S/C17H18N2O3S2/c1-11(2)10-19-16(20)15(24-17(19)23)9-12-4-5-13(22-7-6-18)14(8-12)21-3/h4-5,8-9,11H,7,10H2,1-3H3/b15-9-. The summed E-state index contributed by atoms with van der Waals surface area (Å²) in [6.07, 6.45) is 1.79. The molecule has 1 amide bonds. The predicted octanol–water partition coefficient (Wildman–Crippen LogP) is 3.45. The predicted molar refractivity (Wildman–Crippen MR) is 98.8 cm³/mol. The molecular formula is C17H18N2O3S2. The first kappa shape index (κ1) is 18.3. The molecule has 1 aliphatic rings.